The number of nitrogens with zero attached hydrogens (tertiary/aromatic N) is 3. The zero-order valence-corrected chi connectivity index (χ0v) is 21.8. The molecule has 13 heteroatoms. The summed E-state index contributed by atoms with van der Waals surface area (Å²) in [5, 5.41) is 6.11. The van der Waals surface area contributed by atoms with Gasteiger partial charge in [-0.25, -0.2) is 4.79 Å². The zero-order valence-electron chi connectivity index (χ0n) is 21.8. The summed E-state index contributed by atoms with van der Waals surface area (Å²) in [7, 11) is 0. The highest BCUT2D eigenvalue weighted by Gasteiger charge is 2.32. The van der Waals surface area contributed by atoms with E-state index in [-0.39, 0.29) is 43.3 Å². The molecular weight excluding hydrogens is 564 g/mol. The Balaban J connectivity index is 1.18. The average molecular weight is 588 g/mol. The van der Waals surface area contributed by atoms with Gasteiger partial charge in [0.1, 0.15) is 0 Å². The van der Waals surface area contributed by atoms with Crippen molar-refractivity contribution in [1.29, 1.82) is 0 Å². The molecule has 218 valence electrons. The predicted molar refractivity (Wildman–Crippen MR) is 144 cm³/mol. The molecule has 1 fully saturated rings. The first-order valence-corrected chi connectivity index (χ1v) is 12.7. The van der Waals surface area contributed by atoms with Gasteiger partial charge in [-0.3, -0.25) is 9.78 Å². The number of amides is 3. The third-order valence-corrected chi connectivity index (χ3v) is 6.78. The van der Waals surface area contributed by atoms with Crippen molar-refractivity contribution in [1.82, 2.24) is 14.8 Å². The van der Waals surface area contributed by atoms with Crippen LogP contribution in [0, 0.1) is 0 Å². The van der Waals surface area contributed by atoms with E-state index >= 15 is 0 Å². The highest BCUT2D eigenvalue weighted by atomic mass is 19.4. The molecule has 2 heterocycles. The topological polar surface area (TPSA) is 77.6 Å². The molecule has 4 aromatic rings. The van der Waals surface area contributed by atoms with Crippen LogP contribution in [0.5, 0.6) is 0 Å². The fourth-order valence-corrected chi connectivity index (χ4v) is 4.56. The second-order valence-electron chi connectivity index (χ2n) is 9.58. The molecule has 1 saturated heterocycles. The Morgan fingerprint density at radius 2 is 1.36 bits per heavy atom. The lowest BCUT2D eigenvalue weighted by molar-refractivity contribution is -0.138. The van der Waals surface area contributed by atoms with Gasteiger partial charge in [-0.15, -0.1) is 0 Å². The SMILES string of the molecule is O=C(Nc1cccc(C(F)(F)F)c1)N1CCN(C(=O)c2ccc(Nc3ccnc4cc(C(F)(F)F)ccc34)cc2)CC1. The van der Waals surface area contributed by atoms with Crippen molar-refractivity contribution in [3.05, 3.63) is 95.7 Å². The first-order chi connectivity index (χ1) is 19.9. The lowest BCUT2D eigenvalue weighted by Crippen LogP contribution is -2.51. The largest absolute Gasteiger partial charge is 0.416 e. The third-order valence-electron chi connectivity index (χ3n) is 6.78. The molecule has 0 radical (unpaired) electrons. The minimum Gasteiger partial charge on any atom is -0.355 e. The Bertz CT molecular complexity index is 1610. The summed E-state index contributed by atoms with van der Waals surface area (Å²) in [6, 6.07) is 15.3. The predicted octanol–water partition coefficient (Wildman–Crippen LogP) is 7.01. The summed E-state index contributed by atoms with van der Waals surface area (Å²) < 4.78 is 78.0. The van der Waals surface area contributed by atoms with Crippen LogP contribution >= 0.6 is 0 Å². The minimum absolute atomic E-state index is 0.0212. The normalized spacial score (nSPS) is 14.1. The number of hydrogen-bond acceptors (Lipinski definition) is 4. The number of urea groups is 1. The van der Waals surface area contributed by atoms with Gasteiger partial charge in [0.25, 0.3) is 5.91 Å². The minimum atomic E-state index is -4.53. The molecule has 0 unspecified atom stereocenters. The maximum absolute atomic E-state index is 13.1. The molecule has 0 saturated carbocycles. The van der Waals surface area contributed by atoms with E-state index in [1.807, 2.05) is 0 Å². The van der Waals surface area contributed by atoms with Crippen LogP contribution in [0.2, 0.25) is 0 Å². The van der Waals surface area contributed by atoms with Crippen LogP contribution in [-0.4, -0.2) is 52.9 Å². The maximum atomic E-state index is 13.1. The zero-order chi connectivity index (χ0) is 30.1. The van der Waals surface area contributed by atoms with E-state index in [9.17, 15) is 35.9 Å². The van der Waals surface area contributed by atoms with Gasteiger partial charge in [-0.1, -0.05) is 12.1 Å². The highest BCUT2D eigenvalue weighted by molar-refractivity contribution is 5.96. The molecule has 3 aromatic carbocycles. The number of fused-ring (bicyclic) bond motifs is 1. The van der Waals surface area contributed by atoms with Crippen LogP contribution in [-0.2, 0) is 12.4 Å². The summed E-state index contributed by atoms with van der Waals surface area (Å²) in [6.07, 6.45) is -7.60. The van der Waals surface area contributed by atoms with E-state index in [4.69, 9.17) is 0 Å². The molecular formula is C29H23F6N5O2. The first-order valence-electron chi connectivity index (χ1n) is 12.7. The number of pyridine rings is 1. The summed E-state index contributed by atoms with van der Waals surface area (Å²) in [5.41, 5.74) is 0.0987. The standard InChI is InChI=1S/C29H23F6N5O2/c30-28(31,32)19-2-1-3-22(16-19)38-27(42)40-14-12-39(13-15-40)26(41)18-4-7-21(8-5-18)37-24-10-11-36-25-17-20(29(33,34)35)6-9-23(24)25/h1-11,16-17H,12-15H2,(H,36,37)(H,38,42). The molecule has 0 bridgehead atoms. The number of aromatic nitrogens is 1. The first kappa shape index (κ1) is 28.7. The van der Waals surface area contributed by atoms with E-state index in [1.54, 1.807) is 35.2 Å². The quantitative estimate of drug-likeness (QED) is 0.252. The Kier molecular flexibility index (Phi) is 7.67. The smallest absolute Gasteiger partial charge is 0.355 e. The fraction of sp³-hybridized carbons (Fsp3) is 0.207. The summed E-state index contributed by atoms with van der Waals surface area (Å²) in [4.78, 5) is 32.6. The highest BCUT2D eigenvalue weighted by Crippen LogP contribution is 2.34. The molecule has 0 aliphatic carbocycles. The van der Waals surface area contributed by atoms with Crippen molar-refractivity contribution < 1.29 is 35.9 Å². The molecule has 0 atom stereocenters. The van der Waals surface area contributed by atoms with Crippen LogP contribution in [0.3, 0.4) is 0 Å². The summed E-state index contributed by atoms with van der Waals surface area (Å²) in [6.45, 7) is 0.859. The number of alkyl halides is 6. The maximum Gasteiger partial charge on any atom is 0.416 e. The van der Waals surface area contributed by atoms with Crippen molar-refractivity contribution in [2.45, 2.75) is 12.4 Å². The molecule has 1 aliphatic rings. The van der Waals surface area contributed by atoms with Crippen LogP contribution < -0.4 is 10.6 Å². The van der Waals surface area contributed by atoms with Crippen molar-refractivity contribution in [2.24, 2.45) is 0 Å². The number of nitrogens with one attached hydrogen (secondary N) is 2. The number of carbonyl (C=O) groups excluding carboxylic acids is 2. The molecule has 42 heavy (non-hydrogen) atoms. The number of hydrogen-bond donors (Lipinski definition) is 2. The fourth-order valence-electron chi connectivity index (χ4n) is 4.56. The number of anilines is 3. The number of rotatable bonds is 4. The van der Waals surface area contributed by atoms with E-state index in [1.165, 1.54) is 29.3 Å². The van der Waals surface area contributed by atoms with Crippen LogP contribution in [0.1, 0.15) is 21.5 Å². The molecule has 1 aliphatic heterocycles. The summed E-state index contributed by atoms with van der Waals surface area (Å²) in [5.74, 6) is -0.256. The van der Waals surface area contributed by atoms with Gasteiger partial charge in [-0.2, -0.15) is 26.3 Å². The molecule has 5 rings (SSSR count). The second kappa shape index (κ2) is 11.2. The number of piperazine rings is 1. The Labute approximate surface area is 235 Å². The summed E-state index contributed by atoms with van der Waals surface area (Å²) >= 11 is 0. The molecule has 2 N–H and O–H groups in total. The molecule has 0 spiro atoms. The van der Waals surface area contributed by atoms with Gasteiger partial charge in [0.2, 0.25) is 0 Å². The van der Waals surface area contributed by atoms with Crippen LogP contribution in [0.4, 0.5) is 48.2 Å². The Morgan fingerprint density at radius 1 is 0.714 bits per heavy atom. The Morgan fingerprint density at radius 3 is 2.02 bits per heavy atom. The van der Waals surface area contributed by atoms with Crippen molar-refractivity contribution >= 4 is 39.9 Å². The van der Waals surface area contributed by atoms with E-state index in [2.05, 4.69) is 15.6 Å². The lowest BCUT2D eigenvalue weighted by atomic mass is 10.1. The van der Waals surface area contributed by atoms with Crippen LogP contribution in [0.15, 0.2) is 79.0 Å². The second-order valence-corrected chi connectivity index (χ2v) is 9.58. The number of halogens is 6. The van der Waals surface area contributed by atoms with Crippen molar-refractivity contribution in [3.63, 3.8) is 0 Å². The molecule has 7 nitrogen and oxygen atoms in total. The van der Waals surface area contributed by atoms with E-state index in [0.717, 1.165) is 24.3 Å². The Hall–Kier alpha value is -4.81. The monoisotopic (exact) mass is 587 g/mol. The molecule has 1 aromatic heterocycles. The van der Waals surface area contributed by atoms with Gasteiger partial charge in [0.05, 0.1) is 16.6 Å². The van der Waals surface area contributed by atoms with Gasteiger partial charge in [0, 0.05) is 60.4 Å². The van der Waals surface area contributed by atoms with Gasteiger partial charge >= 0.3 is 18.4 Å². The number of benzene rings is 3. The van der Waals surface area contributed by atoms with Gasteiger partial charge in [-0.05, 0) is 60.7 Å². The third kappa shape index (κ3) is 6.40. The van der Waals surface area contributed by atoms with Crippen molar-refractivity contribution in [2.75, 3.05) is 36.8 Å². The average Bonchev–Trinajstić information content (AvgIpc) is 2.96. The van der Waals surface area contributed by atoms with E-state index in [0.29, 0.717) is 22.3 Å². The van der Waals surface area contributed by atoms with Crippen molar-refractivity contribution in [3.8, 4) is 0 Å². The molecule has 3 amide bonds. The van der Waals surface area contributed by atoms with Crippen LogP contribution in [0.25, 0.3) is 10.9 Å². The van der Waals surface area contributed by atoms with Gasteiger partial charge in [0.15, 0.2) is 0 Å². The number of carbonyl (C=O) groups is 2. The van der Waals surface area contributed by atoms with Gasteiger partial charge < -0.3 is 20.4 Å². The lowest BCUT2D eigenvalue weighted by Gasteiger charge is -2.34. The van der Waals surface area contributed by atoms with E-state index < -0.39 is 29.5 Å².